The number of benzene rings is 1. The van der Waals surface area contributed by atoms with Crippen LogP contribution in [0, 0.1) is 0 Å². The van der Waals surface area contributed by atoms with E-state index in [1.165, 1.54) is 5.56 Å². The van der Waals surface area contributed by atoms with Gasteiger partial charge < -0.3 is 5.32 Å². The normalized spacial score (nSPS) is 12.4. The van der Waals surface area contributed by atoms with Crippen LogP contribution in [-0.2, 0) is 6.42 Å². The molecule has 0 aliphatic rings. The Morgan fingerprint density at radius 2 is 2.00 bits per heavy atom. The minimum absolute atomic E-state index is 0.210. The Labute approximate surface area is 127 Å². The minimum atomic E-state index is 0.210. The molecule has 0 bridgehead atoms. The SMILES string of the molecule is CCNC(Cc1ccc(Br)cc1)c1ccncc1Cl. The molecule has 100 valence electrons. The van der Waals surface area contributed by atoms with Crippen LogP contribution in [-0.4, -0.2) is 11.5 Å². The molecule has 0 radical (unpaired) electrons. The first-order chi connectivity index (χ1) is 9.20. The number of nitrogens with zero attached hydrogens (tertiary/aromatic N) is 1. The van der Waals surface area contributed by atoms with Gasteiger partial charge in [-0.15, -0.1) is 0 Å². The van der Waals surface area contributed by atoms with E-state index >= 15 is 0 Å². The summed E-state index contributed by atoms with van der Waals surface area (Å²) >= 11 is 9.69. The van der Waals surface area contributed by atoms with Gasteiger partial charge in [0.1, 0.15) is 0 Å². The fraction of sp³-hybridized carbons (Fsp3) is 0.267. The number of hydrogen-bond acceptors (Lipinski definition) is 2. The number of rotatable bonds is 5. The number of hydrogen-bond donors (Lipinski definition) is 1. The van der Waals surface area contributed by atoms with Gasteiger partial charge in [0.15, 0.2) is 0 Å². The summed E-state index contributed by atoms with van der Waals surface area (Å²) < 4.78 is 1.10. The highest BCUT2D eigenvalue weighted by Gasteiger charge is 2.14. The lowest BCUT2D eigenvalue weighted by Crippen LogP contribution is -2.23. The van der Waals surface area contributed by atoms with Gasteiger partial charge in [-0.05, 0) is 42.3 Å². The zero-order valence-corrected chi connectivity index (χ0v) is 13.1. The fourth-order valence-electron chi connectivity index (χ4n) is 2.06. The van der Waals surface area contributed by atoms with Gasteiger partial charge in [-0.25, -0.2) is 0 Å². The molecule has 0 saturated heterocycles. The first kappa shape index (κ1) is 14.5. The molecule has 2 rings (SSSR count). The van der Waals surface area contributed by atoms with Crippen LogP contribution in [0.3, 0.4) is 0 Å². The third kappa shape index (κ3) is 4.03. The van der Waals surface area contributed by atoms with Crippen molar-refractivity contribution in [2.24, 2.45) is 0 Å². The highest BCUT2D eigenvalue weighted by molar-refractivity contribution is 9.10. The van der Waals surface area contributed by atoms with Crippen LogP contribution in [0.4, 0.5) is 0 Å². The lowest BCUT2D eigenvalue weighted by atomic mass is 9.99. The summed E-state index contributed by atoms with van der Waals surface area (Å²) in [6.45, 7) is 3.00. The molecule has 1 atom stereocenters. The van der Waals surface area contributed by atoms with E-state index in [0.29, 0.717) is 5.02 Å². The van der Waals surface area contributed by atoms with Crippen molar-refractivity contribution in [3.63, 3.8) is 0 Å². The van der Waals surface area contributed by atoms with Gasteiger partial charge in [-0.3, -0.25) is 4.98 Å². The topological polar surface area (TPSA) is 24.9 Å². The van der Waals surface area contributed by atoms with Crippen molar-refractivity contribution in [2.45, 2.75) is 19.4 Å². The molecule has 1 N–H and O–H groups in total. The standard InChI is InChI=1S/C15H16BrClN2/c1-2-19-15(13-7-8-18-10-14(13)17)9-11-3-5-12(16)6-4-11/h3-8,10,15,19H,2,9H2,1H3. The summed E-state index contributed by atoms with van der Waals surface area (Å²) in [5.74, 6) is 0. The molecule has 19 heavy (non-hydrogen) atoms. The quantitative estimate of drug-likeness (QED) is 0.874. The summed E-state index contributed by atoms with van der Waals surface area (Å²) in [6, 6.07) is 10.6. The molecule has 1 heterocycles. The van der Waals surface area contributed by atoms with Crippen LogP contribution < -0.4 is 5.32 Å². The molecule has 1 unspecified atom stereocenters. The maximum absolute atomic E-state index is 6.24. The van der Waals surface area contributed by atoms with Crippen molar-refractivity contribution in [2.75, 3.05) is 6.54 Å². The van der Waals surface area contributed by atoms with E-state index < -0.39 is 0 Å². The Kier molecular flexibility index (Phi) is 5.37. The predicted octanol–water partition coefficient (Wildman–Crippen LogP) is 4.39. The monoisotopic (exact) mass is 338 g/mol. The first-order valence-electron chi connectivity index (χ1n) is 6.28. The zero-order valence-electron chi connectivity index (χ0n) is 10.7. The maximum Gasteiger partial charge on any atom is 0.0637 e. The van der Waals surface area contributed by atoms with Crippen molar-refractivity contribution in [3.8, 4) is 0 Å². The lowest BCUT2D eigenvalue weighted by Gasteiger charge is -2.19. The first-order valence-corrected chi connectivity index (χ1v) is 7.45. The number of likely N-dealkylation sites (N-methyl/N-ethyl adjacent to an activating group) is 1. The highest BCUT2D eigenvalue weighted by atomic mass is 79.9. The second-order valence-corrected chi connectivity index (χ2v) is 5.66. The largest absolute Gasteiger partial charge is 0.310 e. The van der Waals surface area contributed by atoms with Crippen LogP contribution in [0.25, 0.3) is 0 Å². The number of halogens is 2. The summed E-state index contributed by atoms with van der Waals surface area (Å²) in [4.78, 5) is 4.04. The number of aromatic nitrogens is 1. The molecule has 0 aliphatic heterocycles. The van der Waals surface area contributed by atoms with E-state index in [0.717, 1.165) is 23.0 Å². The Balaban J connectivity index is 2.21. The van der Waals surface area contributed by atoms with Gasteiger partial charge in [-0.2, -0.15) is 0 Å². The summed E-state index contributed by atoms with van der Waals surface area (Å²) in [7, 11) is 0. The van der Waals surface area contributed by atoms with Gasteiger partial charge in [0.05, 0.1) is 5.02 Å². The zero-order chi connectivity index (χ0) is 13.7. The Morgan fingerprint density at radius 3 is 2.63 bits per heavy atom. The van der Waals surface area contributed by atoms with Crippen LogP contribution in [0.1, 0.15) is 24.1 Å². The van der Waals surface area contributed by atoms with E-state index in [2.05, 4.69) is 57.4 Å². The predicted molar refractivity (Wildman–Crippen MR) is 83.5 cm³/mol. The summed E-state index contributed by atoms with van der Waals surface area (Å²) in [5.41, 5.74) is 2.38. The van der Waals surface area contributed by atoms with Crippen molar-refractivity contribution >= 4 is 27.5 Å². The van der Waals surface area contributed by atoms with Crippen molar-refractivity contribution in [3.05, 3.63) is 63.3 Å². The average molecular weight is 340 g/mol. The fourth-order valence-corrected chi connectivity index (χ4v) is 2.58. The van der Waals surface area contributed by atoms with Crippen LogP contribution >= 0.6 is 27.5 Å². The van der Waals surface area contributed by atoms with Gasteiger partial charge in [-0.1, -0.05) is 46.6 Å². The molecular weight excluding hydrogens is 324 g/mol. The molecule has 0 spiro atoms. The molecule has 0 amide bonds. The van der Waals surface area contributed by atoms with Gasteiger partial charge in [0.25, 0.3) is 0 Å². The average Bonchev–Trinajstić information content (AvgIpc) is 2.41. The third-order valence-electron chi connectivity index (χ3n) is 2.98. The van der Waals surface area contributed by atoms with Crippen LogP contribution in [0.15, 0.2) is 47.2 Å². The molecule has 2 aromatic rings. The van der Waals surface area contributed by atoms with Crippen molar-refractivity contribution in [1.82, 2.24) is 10.3 Å². The Hall–Kier alpha value is -0.900. The second kappa shape index (κ2) is 7.04. The van der Waals surface area contributed by atoms with E-state index in [1.807, 2.05) is 6.07 Å². The molecule has 1 aromatic carbocycles. The Morgan fingerprint density at radius 1 is 1.26 bits per heavy atom. The number of nitrogens with one attached hydrogen (secondary N) is 1. The third-order valence-corrected chi connectivity index (χ3v) is 3.83. The van der Waals surface area contributed by atoms with E-state index in [9.17, 15) is 0 Å². The minimum Gasteiger partial charge on any atom is -0.310 e. The molecular formula is C15H16BrClN2. The molecule has 1 aromatic heterocycles. The molecule has 0 aliphatic carbocycles. The molecule has 0 fully saturated rings. The van der Waals surface area contributed by atoms with Crippen molar-refractivity contribution < 1.29 is 0 Å². The lowest BCUT2D eigenvalue weighted by molar-refractivity contribution is 0.549. The van der Waals surface area contributed by atoms with Crippen LogP contribution in [0.5, 0.6) is 0 Å². The van der Waals surface area contributed by atoms with E-state index in [1.54, 1.807) is 12.4 Å². The van der Waals surface area contributed by atoms with Gasteiger partial charge in [0, 0.05) is 22.9 Å². The van der Waals surface area contributed by atoms with Crippen LogP contribution in [0.2, 0.25) is 5.02 Å². The molecule has 2 nitrogen and oxygen atoms in total. The van der Waals surface area contributed by atoms with Crippen molar-refractivity contribution in [1.29, 1.82) is 0 Å². The van der Waals surface area contributed by atoms with Gasteiger partial charge >= 0.3 is 0 Å². The Bertz CT molecular complexity index is 528. The van der Waals surface area contributed by atoms with Gasteiger partial charge in [0.2, 0.25) is 0 Å². The van der Waals surface area contributed by atoms with E-state index in [4.69, 9.17) is 11.6 Å². The molecule has 0 saturated carbocycles. The second-order valence-electron chi connectivity index (χ2n) is 4.34. The molecule has 4 heteroatoms. The summed E-state index contributed by atoms with van der Waals surface area (Å²) in [5, 5.41) is 4.19. The smallest absolute Gasteiger partial charge is 0.0637 e. The maximum atomic E-state index is 6.24. The summed E-state index contributed by atoms with van der Waals surface area (Å²) in [6.07, 6.45) is 4.39. The number of pyridine rings is 1. The highest BCUT2D eigenvalue weighted by Crippen LogP contribution is 2.25. The van der Waals surface area contributed by atoms with E-state index in [-0.39, 0.29) is 6.04 Å².